The summed E-state index contributed by atoms with van der Waals surface area (Å²) in [7, 11) is 2.88. The van der Waals surface area contributed by atoms with Crippen molar-refractivity contribution in [2.75, 3.05) is 65.1 Å². The number of benzene rings is 2. The van der Waals surface area contributed by atoms with E-state index in [2.05, 4.69) is 10.2 Å². The van der Waals surface area contributed by atoms with Crippen molar-refractivity contribution >= 4 is 23.2 Å². The first-order valence-electron chi connectivity index (χ1n) is 11.3. The maximum absolute atomic E-state index is 12.7. The smallest absolute Gasteiger partial charge is 0.286 e. The first-order chi connectivity index (χ1) is 16.9. The summed E-state index contributed by atoms with van der Waals surface area (Å²) in [5.41, 5.74) is 0.535. The molecular formula is C24H30N4O7. The molecule has 2 aromatic rings. The Balaban J connectivity index is 1.55. The van der Waals surface area contributed by atoms with Crippen molar-refractivity contribution < 1.29 is 28.7 Å². The molecule has 3 rings (SSSR count). The summed E-state index contributed by atoms with van der Waals surface area (Å²) in [6, 6.07) is 12.4. The molecule has 0 unspecified atom stereocenters. The molecule has 35 heavy (non-hydrogen) atoms. The number of para-hydroxylation sites is 1. The van der Waals surface area contributed by atoms with Gasteiger partial charge in [0.15, 0.2) is 11.5 Å². The van der Waals surface area contributed by atoms with Crippen LogP contribution in [0.25, 0.3) is 0 Å². The van der Waals surface area contributed by atoms with Gasteiger partial charge in [-0.1, -0.05) is 18.2 Å². The molecule has 0 bridgehead atoms. The summed E-state index contributed by atoms with van der Waals surface area (Å²) < 4.78 is 15.6. The maximum atomic E-state index is 12.7. The van der Waals surface area contributed by atoms with Gasteiger partial charge in [0.1, 0.15) is 12.2 Å². The monoisotopic (exact) mass is 486 g/mol. The first-order valence-corrected chi connectivity index (χ1v) is 11.3. The van der Waals surface area contributed by atoms with E-state index in [0.717, 1.165) is 24.8 Å². The highest BCUT2D eigenvalue weighted by atomic mass is 16.6. The fourth-order valence-electron chi connectivity index (χ4n) is 3.78. The Morgan fingerprint density at radius 3 is 2.37 bits per heavy atom. The fourth-order valence-corrected chi connectivity index (χ4v) is 3.78. The molecule has 0 aliphatic carbocycles. The van der Waals surface area contributed by atoms with Gasteiger partial charge in [0.05, 0.1) is 24.7 Å². The number of carbonyl (C=O) groups is 2. The van der Waals surface area contributed by atoms with Gasteiger partial charge in [-0.25, -0.2) is 0 Å². The highest BCUT2D eigenvalue weighted by Crippen LogP contribution is 2.34. The van der Waals surface area contributed by atoms with E-state index in [9.17, 15) is 19.7 Å². The molecular weight excluding hydrogens is 456 g/mol. The van der Waals surface area contributed by atoms with E-state index in [4.69, 9.17) is 14.2 Å². The van der Waals surface area contributed by atoms with E-state index < -0.39 is 16.5 Å². The molecule has 11 nitrogen and oxygen atoms in total. The SMILES string of the molecule is COCCOc1cc([N+](=O)[O-])c(C(=O)NCCC(=O)N2CCN(c3ccccc3)CC2)cc1OC. The Morgan fingerprint density at radius 1 is 1.03 bits per heavy atom. The van der Waals surface area contributed by atoms with Crippen molar-refractivity contribution in [2.24, 2.45) is 0 Å². The zero-order valence-corrected chi connectivity index (χ0v) is 19.9. The highest BCUT2D eigenvalue weighted by Gasteiger charge is 2.26. The van der Waals surface area contributed by atoms with Crippen molar-refractivity contribution in [3.63, 3.8) is 0 Å². The number of hydrogen-bond acceptors (Lipinski definition) is 8. The van der Waals surface area contributed by atoms with Gasteiger partial charge < -0.3 is 29.3 Å². The normalized spacial score (nSPS) is 13.3. The molecule has 1 heterocycles. The predicted octanol–water partition coefficient (Wildman–Crippen LogP) is 2.10. The van der Waals surface area contributed by atoms with Crippen molar-refractivity contribution in [3.05, 3.63) is 58.1 Å². The van der Waals surface area contributed by atoms with E-state index in [1.807, 2.05) is 30.3 Å². The second-order valence-corrected chi connectivity index (χ2v) is 7.83. The summed E-state index contributed by atoms with van der Waals surface area (Å²) in [5, 5.41) is 14.2. The third kappa shape index (κ3) is 6.82. The molecule has 0 aromatic heterocycles. The van der Waals surface area contributed by atoms with Crippen LogP contribution in [0.4, 0.5) is 11.4 Å². The minimum Gasteiger partial charge on any atom is -0.493 e. The number of methoxy groups -OCH3 is 2. The van der Waals surface area contributed by atoms with E-state index >= 15 is 0 Å². The summed E-state index contributed by atoms with van der Waals surface area (Å²) in [6.45, 7) is 3.15. The van der Waals surface area contributed by atoms with Crippen molar-refractivity contribution in [1.29, 1.82) is 0 Å². The van der Waals surface area contributed by atoms with E-state index in [-0.39, 0.29) is 49.1 Å². The van der Waals surface area contributed by atoms with Gasteiger partial charge in [0.25, 0.3) is 11.6 Å². The molecule has 188 valence electrons. The Bertz CT molecular complexity index is 1020. The number of nitro benzene ring substituents is 1. The maximum Gasteiger partial charge on any atom is 0.286 e. The molecule has 0 spiro atoms. The van der Waals surface area contributed by atoms with Crippen LogP contribution in [0.5, 0.6) is 11.5 Å². The van der Waals surface area contributed by atoms with Gasteiger partial charge in [0.2, 0.25) is 5.91 Å². The third-order valence-corrected chi connectivity index (χ3v) is 5.65. The largest absolute Gasteiger partial charge is 0.493 e. The zero-order chi connectivity index (χ0) is 25.2. The molecule has 0 saturated carbocycles. The lowest BCUT2D eigenvalue weighted by atomic mass is 10.1. The number of rotatable bonds is 11. The number of piperazine rings is 1. The summed E-state index contributed by atoms with van der Waals surface area (Å²) in [6.07, 6.45) is 0.0974. The van der Waals surface area contributed by atoms with Crippen LogP contribution < -0.4 is 19.7 Å². The van der Waals surface area contributed by atoms with Gasteiger partial charge in [-0.2, -0.15) is 0 Å². The van der Waals surface area contributed by atoms with Crippen molar-refractivity contribution in [1.82, 2.24) is 10.2 Å². The first kappa shape index (κ1) is 25.8. The van der Waals surface area contributed by atoms with Gasteiger partial charge in [-0.3, -0.25) is 19.7 Å². The Labute approximate surface area is 203 Å². The highest BCUT2D eigenvalue weighted by molar-refractivity contribution is 5.99. The molecule has 1 aliphatic heterocycles. The van der Waals surface area contributed by atoms with Gasteiger partial charge >= 0.3 is 0 Å². The number of nitrogens with zero attached hydrogens (tertiary/aromatic N) is 3. The minimum atomic E-state index is -0.667. The van der Waals surface area contributed by atoms with E-state index in [1.54, 1.807) is 4.90 Å². The average Bonchev–Trinajstić information content (AvgIpc) is 2.88. The summed E-state index contributed by atoms with van der Waals surface area (Å²) in [4.78, 5) is 40.2. The molecule has 0 radical (unpaired) electrons. The van der Waals surface area contributed by atoms with Crippen LogP contribution in [0.2, 0.25) is 0 Å². The second kappa shape index (κ2) is 12.6. The lowest BCUT2D eigenvalue weighted by Gasteiger charge is -2.36. The second-order valence-electron chi connectivity index (χ2n) is 7.83. The van der Waals surface area contributed by atoms with Crippen LogP contribution in [0.1, 0.15) is 16.8 Å². The molecule has 2 amide bonds. The summed E-state index contributed by atoms with van der Waals surface area (Å²) in [5.74, 6) is -0.422. The molecule has 0 atom stereocenters. The number of nitro groups is 1. The topological polar surface area (TPSA) is 123 Å². The number of anilines is 1. The van der Waals surface area contributed by atoms with E-state index in [0.29, 0.717) is 13.1 Å². The van der Waals surface area contributed by atoms with Crippen LogP contribution in [0, 0.1) is 10.1 Å². The van der Waals surface area contributed by atoms with Gasteiger partial charge in [-0.15, -0.1) is 0 Å². The predicted molar refractivity (Wildman–Crippen MR) is 129 cm³/mol. The van der Waals surface area contributed by atoms with Crippen molar-refractivity contribution in [3.8, 4) is 11.5 Å². The fraction of sp³-hybridized carbons (Fsp3) is 0.417. The molecule has 1 aliphatic rings. The average molecular weight is 487 g/mol. The molecule has 1 saturated heterocycles. The summed E-state index contributed by atoms with van der Waals surface area (Å²) >= 11 is 0. The number of nitrogens with one attached hydrogen (secondary N) is 1. The van der Waals surface area contributed by atoms with Gasteiger partial charge in [0, 0.05) is 58.0 Å². The molecule has 1 N–H and O–H groups in total. The zero-order valence-electron chi connectivity index (χ0n) is 19.9. The molecule has 2 aromatic carbocycles. The van der Waals surface area contributed by atoms with Crippen LogP contribution >= 0.6 is 0 Å². The standard InChI is InChI=1S/C24H30N4O7/c1-33-14-15-35-22-17-20(28(31)32)19(16-21(22)34-2)24(30)25-9-8-23(29)27-12-10-26(11-13-27)18-6-4-3-5-7-18/h3-7,16-17H,8-15H2,1-2H3,(H,25,30). The quantitative estimate of drug-likeness (QED) is 0.291. The van der Waals surface area contributed by atoms with Crippen molar-refractivity contribution in [2.45, 2.75) is 6.42 Å². The minimum absolute atomic E-state index is 0.0577. The number of amides is 2. The lowest BCUT2D eigenvalue weighted by Crippen LogP contribution is -2.49. The van der Waals surface area contributed by atoms with Crippen LogP contribution in [-0.4, -0.2) is 81.8 Å². The van der Waals surface area contributed by atoms with Gasteiger partial charge in [-0.05, 0) is 12.1 Å². The Kier molecular flexibility index (Phi) is 9.24. The van der Waals surface area contributed by atoms with Crippen LogP contribution in [0.3, 0.4) is 0 Å². The lowest BCUT2D eigenvalue weighted by molar-refractivity contribution is -0.385. The molecule has 11 heteroatoms. The number of hydrogen-bond donors (Lipinski definition) is 1. The van der Waals surface area contributed by atoms with E-state index in [1.165, 1.54) is 20.3 Å². The number of carbonyl (C=O) groups excluding carboxylic acids is 2. The Morgan fingerprint density at radius 2 is 1.74 bits per heavy atom. The van der Waals surface area contributed by atoms with Crippen LogP contribution in [0.15, 0.2) is 42.5 Å². The third-order valence-electron chi connectivity index (χ3n) is 5.65. The number of ether oxygens (including phenoxy) is 3. The Hall–Kier alpha value is -3.86. The van der Waals surface area contributed by atoms with Crippen LogP contribution in [-0.2, 0) is 9.53 Å². The molecule has 1 fully saturated rings.